The molecule has 0 atom stereocenters. The molecule has 0 aliphatic heterocycles. The number of rotatable bonds is 7. The van der Waals surface area contributed by atoms with Crippen LogP contribution in [0.5, 0.6) is 5.75 Å². The Morgan fingerprint density at radius 3 is 2.45 bits per heavy atom. The number of nitrogens with one attached hydrogen (secondary N) is 2. The van der Waals surface area contributed by atoms with Crippen LogP contribution in [-0.2, 0) is 5.75 Å². The van der Waals surface area contributed by atoms with Gasteiger partial charge in [-0.2, -0.15) is 0 Å². The molecule has 7 nitrogen and oxygen atoms in total. The number of aromatic nitrogens is 2. The Morgan fingerprint density at radius 2 is 1.68 bits per heavy atom. The summed E-state index contributed by atoms with van der Waals surface area (Å²) in [6.45, 7) is 0. The molecule has 0 saturated heterocycles. The Morgan fingerprint density at radius 1 is 0.935 bits per heavy atom. The second kappa shape index (κ2) is 9.82. The first-order chi connectivity index (χ1) is 15.2. The molecule has 0 bridgehead atoms. The zero-order valence-corrected chi connectivity index (χ0v) is 17.6. The van der Waals surface area contributed by atoms with E-state index in [-0.39, 0.29) is 6.03 Å². The van der Waals surface area contributed by atoms with Gasteiger partial charge < -0.3 is 19.8 Å². The number of para-hydroxylation sites is 2. The summed E-state index contributed by atoms with van der Waals surface area (Å²) in [4.78, 5) is 13.3. The van der Waals surface area contributed by atoms with Crippen molar-refractivity contribution in [1.82, 2.24) is 10.2 Å². The van der Waals surface area contributed by atoms with Crippen LogP contribution in [0.25, 0.3) is 11.5 Å². The van der Waals surface area contributed by atoms with Crippen LogP contribution >= 0.6 is 11.8 Å². The molecule has 0 radical (unpaired) electrons. The predicted molar refractivity (Wildman–Crippen MR) is 121 cm³/mol. The number of carbonyl (C=O) groups is 1. The molecular weight excluding hydrogens is 412 g/mol. The minimum absolute atomic E-state index is 0.343. The third kappa shape index (κ3) is 5.43. The van der Waals surface area contributed by atoms with Crippen LogP contribution in [-0.4, -0.2) is 23.3 Å². The van der Waals surface area contributed by atoms with Gasteiger partial charge in [0.15, 0.2) is 0 Å². The summed E-state index contributed by atoms with van der Waals surface area (Å²) >= 11 is 1.58. The number of amides is 2. The fourth-order valence-corrected chi connectivity index (χ4v) is 3.56. The number of benzene rings is 3. The number of hydrogen-bond acceptors (Lipinski definition) is 6. The topological polar surface area (TPSA) is 89.3 Å². The van der Waals surface area contributed by atoms with Crippen molar-refractivity contribution in [2.45, 2.75) is 10.6 Å². The number of anilines is 2. The molecule has 8 heteroatoms. The molecule has 156 valence electrons. The Kier molecular flexibility index (Phi) is 6.49. The van der Waals surface area contributed by atoms with Crippen molar-refractivity contribution in [1.29, 1.82) is 0 Å². The SMILES string of the molecule is COc1ccccc1NC(=O)Nc1ccc(SCc2nnc(-c3ccccc3)o2)cc1. The molecule has 0 aliphatic carbocycles. The second-order valence-electron chi connectivity index (χ2n) is 6.46. The molecule has 0 aliphatic rings. The molecule has 4 aromatic rings. The Balaban J connectivity index is 1.30. The minimum Gasteiger partial charge on any atom is -0.495 e. The molecule has 2 amide bonds. The lowest BCUT2D eigenvalue weighted by Gasteiger charge is -2.11. The van der Waals surface area contributed by atoms with Crippen molar-refractivity contribution in [3.05, 3.63) is 84.8 Å². The molecule has 31 heavy (non-hydrogen) atoms. The summed E-state index contributed by atoms with van der Waals surface area (Å²) in [5, 5.41) is 13.8. The normalized spacial score (nSPS) is 10.5. The van der Waals surface area contributed by atoms with Crippen LogP contribution < -0.4 is 15.4 Å². The molecule has 0 saturated carbocycles. The Hall–Kier alpha value is -3.78. The fraction of sp³-hybridized carbons (Fsp3) is 0.0870. The Bertz CT molecular complexity index is 1150. The van der Waals surface area contributed by atoms with E-state index in [4.69, 9.17) is 9.15 Å². The van der Waals surface area contributed by atoms with E-state index in [1.807, 2.05) is 66.7 Å². The highest BCUT2D eigenvalue weighted by molar-refractivity contribution is 7.98. The second-order valence-corrected chi connectivity index (χ2v) is 7.51. The van der Waals surface area contributed by atoms with Gasteiger partial charge in [0.2, 0.25) is 11.8 Å². The highest BCUT2D eigenvalue weighted by Crippen LogP contribution is 2.26. The van der Waals surface area contributed by atoms with E-state index in [9.17, 15) is 4.79 Å². The maximum atomic E-state index is 12.3. The van der Waals surface area contributed by atoms with Crippen molar-refractivity contribution in [3.63, 3.8) is 0 Å². The fourth-order valence-electron chi connectivity index (χ4n) is 2.82. The monoisotopic (exact) mass is 432 g/mol. The third-order valence-electron chi connectivity index (χ3n) is 4.32. The van der Waals surface area contributed by atoms with Crippen LogP contribution in [0.2, 0.25) is 0 Å². The van der Waals surface area contributed by atoms with E-state index >= 15 is 0 Å². The van der Waals surface area contributed by atoms with E-state index in [0.29, 0.717) is 34.7 Å². The van der Waals surface area contributed by atoms with Gasteiger partial charge in [-0.3, -0.25) is 0 Å². The van der Waals surface area contributed by atoms with Gasteiger partial charge >= 0.3 is 6.03 Å². The number of nitrogens with zero attached hydrogens (tertiary/aromatic N) is 2. The lowest BCUT2D eigenvalue weighted by molar-refractivity contribution is 0.262. The highest BCUT2D eigenvalue weighted by atomic mass is 32.2. The molecule has 0 spiro atoms. The van der Waals surface area contributed by atoms with Gasteiger partial charge in [-0.25, -0.2) is 4.79 Å². The van der Waals surface area contributed by atoms with Gasteiger partial charge in [-0.05, 0) is 48.5 Å². The number of thioether (sulfide) groups is 1. The molecule has 3 aromatic carbocycles. The predicted octanol–water partition coefficient (Wildman–Crippen LogP) is 5.68. The van der Waals surface area contributed by atoms with Gasteiger partial charge in [0.1, 0.15) is 5.75 Å². The lowest BCUT2D eigenvalue weighted by Crippen LogP contribution is -2.19. The van der Waals surface area contributed by atoms with E-state index in [1.54, 1.807) is 31.0 Å². The quantitative estimate of drug-likeness (QED) is 0.365. The molecular formula is C23H20N4O3S. The molecule has 0 unspecified atom stereocenters. The number of hydrogen-bond donors (Lipinski definition) is 2. The first-order valence-corrected chi connectivity index (χ1v) is 10.5. The van der Waals surface area contributed by atoms with Gasteiger partial charge in [0.25, 0.3) is 0 Å². The van der Waals surface area contributed by atoms with Crippen molar-refractivity contribution >= 4 is 29.2 Å². The van der Waals surface area contributed by atoms with Gasteiger partial charge in [-0.15, -0.1) is 22.0 Å². The summed E-state index contributed by atoms with van der Waals surface area (Å²) in [6.07, 6.45) is 0. The van der Waals surface area contributed by atoms with Gasteiger partial charge in [0.05, 0.1) is 18.6 Å². The number of methoxy groups -OCH3 is 1. The van der Waals surface area contributed by atoms with Crippen molar-refractivity contribution in [2.75, 3.05) is 17.7 Å². The van der Waals surface area contributed by atoms with Crippen LogP contribution in [0.4, 0.5) is 16.2 Å². The number of ether oxygens (including phenoxy) is 1. The third-order valence-corrected chi connectivity index (χ3v) is 5.31. The summed E-state index contributed by atoms with van der Waals surface area (Å²) in [5.41, 5.74) is 2.18. The van der Waals surface area contributed by atoms with Crippen LogP contribution in [0, 0.1) is 0 Å². The summed E-state index contributed by atoms with van der Waals surface area (Å²) in [5.74, 6) is 2.22. The lowest BCUT2D eigenvalue weighted by atomic mass is 10.2. The minimum atomic E-state index is -0.343. The van der Waals surface area contributed by atoms with E-state index in [2.05, 4.69) is 20.8 Å². The molecule has 1 aromatic heterocycles. The standard InChI is InChI=1S/C23H20N4O3S/c1-29-20-10-6-5-9-19(20)25-23(28)24-17-11-13-18(14-12-17)31-15-21-26-27-22(30-21)16-7-3-2-4-8-16/h2-14H,15H2,1H3,(H2,24,25,28). The smallest absolute Gasteiger partial charge is 0.323 e. The first-order valence-electron chi connectivity index (χ1n) is 9.53. The van der Waals surface area contributed by atoms with E-state index < -0.39 is 0 Å². The highest BCUT2D eigenvalue weighted by Gasteiger charge is 2.09. The maximum absolute atomic E-state index is 12.3. The molecule has 4 rings (SSSR count). The largest absolute Gasteiger partial charge is 0.495 e. The van der Waals surface area contributed by atoms with E-state index in [1.165, 1.54) is 0 Å². The zero-order valence-electron chi connectivity index (χ0n) is 16.7. The Labute approximate surface area is 183 Å². The maximum Gasteiger partial charge on any atom is 0.323 e. The van der Waals surface area contributed by atoms with Gasteiger partial charge in [-0.1, -0.05) is 30.3 Å². The molecule has 1 heterocycles. The summed E-state index contributed by atoms with van der Waals surface area (Å²) < 4.78 is 11.0. The van der Waals surface area contributed by atoms with E-state index in [0.717, 1.165) is 10.5 Å². The number of urea groups is 1. The zero-order chi connectivity index (χ0) is 21.5. The first kappa shape index (κ1) is 20.5. The average molecular weight is 433 g/mol. The van der Waals surface area contributed by atoms with Crippen LogP contribution in [0.15, 0.2) is 88.2 Å². The van der Waals surface area contributed by atoms with Crippen LogP contribution in [0.1, 0.15) is 5.89 Å². The molecule has 0 fully saturated rings. The molecule has 2 N–H and O–H groups in total. The van der Waals surface area contributed by atoms with Crippen LogP contribution in [0.3, 0.4) is 0 Å². The van der Waals surface area contributed by atoms with Crippen molar-refractivity contribution in [2.24, 2.45) is 0 Å². The average Bonchev–Trinajstić information content (AvgIpc) is 3.29. The van der Waals surface area contributed by atoms with Crippen molar-refractivity contribution < 1.29 is 13.9 Å². The van der Waals surface area contributed by atoms with Gasteiger partial charge in [0, 0.05) is 16.1 Å². The summed E-state index contributed by atoms with van der Waals surface area (Å²) in [6, 6.07) is 24.1. The number of carbonyl (C=O) groups excluding carboxylic acids is 1. The summed E-state index contributed by atoms with van der Waals surface area (Å²) in [7, 11) is 1.56. The van der Waals surface area contributed by atoms with Crippen molar-refractivity contribution in [3.8, 4) is 17.2 Å².